The SMILES string of the molecule is C=C1N[C@](C)(c2cc(CC(=O)c3ccc(F)cn3)ccc2F)CS(=O)(=O)N1C.CN1C(N)=N[C@](C)(c2cc(CC(=O)c3ccc(F)cn3)ccc2F)CS1(=O)=O. The molecular formula is C37H37F4N7O6S2. The van der Waals surface area contributed by atoms with Gasteiger partial charge >= 0.3 is 0 Å². The van der Waals surface area contributed by atoms with Gasteiger partial charge in [-0.15, -0.1) is 0 Å². The zero-order valence-electron chi connectivity index (χ0n) is 30.6. The number of nitrogens with two attached hydrogens (primary N) is 1. The molecule has 296 valence electrons. The second-order valence-corrected chi connectivity index (χ2v) is 17.6. The fourth-order valence-corrected chi connectivity index (χ4v) is 9.11. The fraction of sp³-hybridized carbons (Fsp3) is 0.270. The van der Waals surface area contributed by atoms with Crippen molar-refractivity contribution in [2.45, 2.75) is 37.8 Å². The van der Waals surface area contributed by atoms with Crippen LogP contribution < -0.4 is 11.1 Å². The summed E-state index contributed by atoms with van der Waals surface area (Å²) in [6, 6.07) is 12.9. The number of pyridine rings is 2. The molecule has 0 saturated carbocycles. The lowest BCUT2D eigenvalue weighted by atomic mass is 9.90. The van der Waals surface area contributed by atoms with Crippen molar-refractivity contribution in [3.63, 3.8) is 0 Å². The summed E-state index contributed by atoms with van der Waals surface area (Å²) in [7, 11) is -4.80. The van der Waals surface area contributed by atoms with Crippen LogP contribution in [0.4, 0.5) is 17.6 Å². The Morgan fingerprint density at radius 3 is 1.66 bits per heavy atom. The number of hydrogen-bond donors (Lipinski definition) is 2. The van der Waals surface area contributed by atoms with Gasteiger partial charge in [0.2, 0.25) is 26.0 Å². The molecule has 4 aromatic rings. The molecule has 0 radical (unpaired) electrons. The van der Waals surface area contributed by atoms with E-state index in [1.807, 2.05) is 0 Å². The average molecular weight is 816 g/mol. The van der Waals surface area contributed by atoms with Crippen molar-refractivity contribution < 1.29 is 44.0 Å². The molecule has 2 atom stereocenters. The fourth-order valence-electron chi connectivity index (χ4n) is 6.13. The van der Waals surface area contributed by atoms with Crippen LogP contribution in [0.5, 0.6) is 0 Å². The quantitative estimate of drug-likeness (QED) is 0.195. The second-order valence-electron chi connectivity index (χ2n) is 13.6. The molecule has 0 unspecified atom stereocenters. The summed E-state index contributed by atoms with van der Waals surface area (Å²) in [6.07, 6.45) is 1.68. The average Bonchev–Trinajstić information content (AvgIpc) is 3.11. The highest BCUT2D eigenvalue weighted by Gasteiger charge is 2.43. The molecule has 3 N–H and O–H groups in total. The van der Waals surface area contributed by atoms with Crippen LogP contribution in [0.2, 0.25) is 0 Å². The highest BCUT2D eigenvalue weighted by Crippen LogP contribution is 2.35. The molecule has 19 heteroatoms. The van der Waals surface area contributed by atoms with Crippen molar-refractivity contribution in [3.05, 3.63) is 142 Å². The van der Waals surface area contributed by atoms with Crippen molar-refractivity contribution in [2.75, 3.05) is 25.6 Å². The summed E-state index contributed by atoms with van der Waals surface area (Å²) >= 11 is 0. The molecule has 0 spiro atoms. The Morgan fingerprint density at radius 2 is 1.21 bits per heavy atom. The maximum absolute atomic E-state index is 14.6. The maximum atomic E-state index is 14.6. The number of halogens is 4. The van der Waals surface area contributed by atoms with Crippen LogP contribution in [0.3, 0.4) is 0 Å². The molecular weight excluding hydrogens is 779 g/mol. The van der Waals surface area contributed by atoms with Crippen LogP contribution in [0, 0.1) is 23.3 Å². The number of hydrogen-bond acceptors (Lipinski definition) is 11. The summed E-state index contributed by atoms with van der Waals surface area (Å²) in [6.45, 7) is 6.71. The molecule has 1 fully saturated rings. The normalized spacial score (nSPS) is 21.3. The third-order valence-corrected chi connectivity index (χ3v) is 13.2. The van der Waals surface area contributed by atoms with Gasteiger partial charge in [0, 0.05) is 38.1 Å². The monoisotopic (exact) mass is 815 g/mol. The molecule has 0 aliphatic carbocycles. The summed E-state index contributed by atoms with van der Waals surface area (Å²) in [5.41, 5.74) is 4.24. The van der Waals surface area contributed by atoms with E-state index >= 15 is 0 Å². The molecule has 0 amide bonds. The number of nitrogens with one attached hydrogen (secondary N) is 1. The number of guanidine groups is 1. The van der Waals surface area contributed by atoms with Gasteiger partial charge in [-0.2, -0.15) is 0 Å². The molecule has 2 aromatic heterocycles. The molecule has 4 heterocycles. The molecule has 2 aromatic carbocycles. The van der Waals surface area contributed by atoms with Gasteiger partial charge in [-0.05, 0) is 67.4 Å². The molecule has 13 nitrogen and oxygen atoms in total. The van der Waals surface area contributed by atoms with E-state index in [9.17, 15) is 44.0 Å². The van der Waals surface area contributed by atoms with Gasteiger partial charge in [-0.25, -0.2) is 43.7 Å². The van der Waals surface area contributed by atoms with E-state index < -0.39 is 60.1 Å². The summed E-state index contributed by atoms with van der Waals surface area (Å²) < 4.78 is 106. The Bertz CT molecular complexity index is 2460. The first-order valence-electron chi connectivity index (χ1n) is 16.7. The topological polar surface area (TPSA) is 185 Å². The van der Waals surface area contributed by atoms with E-state index in [1.54, 1.807) is 6.92 Å². The number of rotatable bonds is 8. The van der Waals surface area contributed by atoms with Crippen LogP contribution >= 0.6 is 0 Å². The van der Waals surface area contributed by atoms with E-state index in [4.69, 9.17) is 5.73 Å². The van der Waals surface area contributed by atoms with E-state index in [2.05, 4.69) is 26.9 Å². The van der Waals surface area contributed by atoms with E-state index in [0.717, 1.165) is 39.2 Å². The molecule has 6 rings (SSSR count). The van der Waals surface area contributed by atoms with E-state index in [1.165, 1.54) is 63.5 Å². The van der Waals surface area contributed by atoms with Gasteiger partial charge in [0.15, 0.2) is 11.6 Å². The Balaban J connectivity index is 0.000000214. The predicted molar refractivity (Wildman–Crippen MR) is 199 cm³/mol. The predicted octanol–water partition coefficient (Wildman–Crippen LogP) is 3.93. The van der Waals surface area contributed by atoms with Gasteiger partial charge < -0.3 is 11.1 Å². The Morgan fingerprint density at radius 1 is 0.750 bits per heavy atom. The molecule has 2 aliphatic heterocycles. The smallest absolute Gasteiger partial charge is 0.239 e. The first-order chi connectivity index (χ1) is 26.0. The number of carbonyl (C=O) groups excluding carboxylic acids is 2. The maximum Gasteiger partial charge on any atom is 0.239 e. The zero-order valence-corrected chi connectivity index (χ0v) is 32.2. The van der Waals surface area contributed by atoms with Crippen molar-refractivity contribution in [2.24, 2.45) is 10.7 Å². The van der Waals surface area contributed by atoms with Gasteiger partial charge in [0.05, 0.1) is 29.4 Å². The number of aromatic nitrogens is 2. The number of ketones is 2. The summed E-state index contributed by atoms with van der Waals surface area (Å²) in [5.74, 6) is -4.08. The largest absolute Gasteiger partial charge is 0.369 e. The number of sulfonamides is 2. The van der Waals surface area contributed by atoms with Crippen molar-refractivity contribution >= 4 is 37.6 Å². The lowest BCUT2D eigenvalue weighted by Gasteiger charge is -2.41. The number of aliphatic imine (C=N–C) groups is 1. The number of nitrogens with zero attached hydrogens (tertiary/aromatic N) is 5. The lowest BCUT2D eigenvalue weighted by Crippen LogP contribution is -2.56. The van der Waals surface area contributed by atoms with Gasteiger partial charge in [-0.1, -0.05) is 24.8 Å². The van der Waals surface area contributed by atoms with Crippen LogP contribution in [-0.4, -0.2) is 78.5 Å². The second kappa shape index (κ2) is 15.4. The van der Waals surface area contributed by atoms with Crippen LogP contribution in [-0.2, 0) is 44.0 Å². The van der Waals surface area contributed by atoms with Crippen molar-refractivity contribution in [3.8, 4) is 0 Å². The minimum atomic E-state index is -3.77. The van der Waals surface area contributed by atoms with E-state index in [0.29, 0.717) is 11.1 Å². The third kappa shape index (κ3) is 8.89. The number of Topliss-reactive ketones (excluding diaryl/α,β-unsaturated/α-hetero) is 2. The third-order valence-electron chi connectivity index (χ3n) is 9.25. The zero-order chi connectivity index (χ0) is 41.4. The van der Waals surface area contributed by atoms with Crippen LogP contribution in [0.25, 0.3) is 0 Å². The summed E-state index contributed by atoms with van der Waals surface area (Å²) in [5, 5.41) is 2.95. The highest BCUT2D eigenvalue weighted by atomic mass is 32.2. The Kier molecular flexibility index (Phi) is 11.4. The van der Waals surface area contributed by atoms with E-state index in [-0.39, 0.29) is 64.5 Å². The van der Waals surface area contributed by atoms with Gasteiger partial charge in [0.1, 0.15) is 46.0 Å². The molecule has 2 aliphatic rings. The minimum absolute atomic E-state index is 0.0180. The molecule has 0 bridgehead atoms. The lowest BCUT2D eigenvalue weighted by molar-refractivity contribution is 0.0980. The van der Waals surface area contributed by atoms with Crippen molar-refractivity contribution in [1.82, 2.24) is 23.9 Å². The van der Waals surface area contributed by atoms with Crippen LogP contribution in [0.1, 0.15) is 57.1 Å². The standard InChI is InChI=1S/C19H19F2N3O3S.C18H18F2N4O3S/c1-12-23-19(2,11-28(26,27)24(12)3)15-8-13(4-6-16(15)21)9-18(25)17-7-5-14(20)10-22-17;1-18(10-28(26,27)24(2)17(21)23-18)13-7-11(3-5-14(13)20)8-16(25)15-6-4-12(19)9-22-15/h4-8,10,23H,1,9,11H2,2-3H3;3-7,9H,8,10H2,1-2H3,(H2,21,23)/t19-;18-/m00/s1. The number of benzene rings is 2. The summed E-state index contributed by atoms with van der Waals surface area (Å²) in [4.78, 5) is 36.4. The first kappa shape index (κ1) is 41.5. The van der Waals surface area contributed by atoms with Gasteiger partial charge in [-0.3, -0.25) is 23.9 Å². The van der Waals surface area contributed by atoms with Crippen molar-refractivity contribution in [1.29, 1.82) is 0 Å². The minimum Gasteiger partial charge on any atom is -0.369 e. The molecule has 56 heavy (non-hydrogen) atoms. The Hall–Kier alpha value is -5.69. The van der Waals surface area contributed by atoms with Gasteiger partial charge in [0.25, 0.3) is 0 Å². The molecule has 1 saturated heterocycles. The Labute approximate surface area is 321 Å². The first-order valence-corrected chi connectivity index (χ1v) is 19.9. The number of carbonyl (C=O) groups is 2. The highest BCUT2D eigenvalue weighted by molar-refractivity contribution is 7.89. The van der Waals surface area contributed by atoms with Crippen LogP contribution in [0.15, 0.2) is 90.4 Å².